The van der Waals surface area contributed by atoms with Gasteiger partial charge in [0.15, 0.2) is 0 Å². The third-order valence-electron chi connectivity index (χ3n) is 4.05. The average molecular weight is 367 g/mol. The van der Waals surface area contributed by atoms with Crippen molar-refractivity contribution in [2.45, 2.75) is 6.42 Å². The van der Waals surface area contributed by atoms with Gasteiger partial charge in [-0.15, -0.1) is 11.3 Å². The van der Waals surface area contributed by atoms with Gasteiger partial charge in [0.05, 0.1) is 23.5 Å². The van der Waals surface area contributed by atoms with Crippen LogP contribution in [0.15, 0.2) is 53.9 Å². The van der Waals surface area contributed by atoms with Crippen LogP contribution >= 0.6 is 11.3 Å². The molecule has 0 bridgehead atoms. The lowest BCUT2D eigenvalue weighted by Crippen LogP contribution is -2.42. The van der Waals surface area contributed by atoms with E-state index in [0.29, 0.717) is 17.1 Å². The Bertz CT molecular complexity index is 984. The lowest BCUT2D eigenvalue weighted by atomic mass is 10.1. The first-order valence-electron chi connectivity index (χ1n) is 8.00. The van der Waals surface area contributed by atoms with Crippen molar-refractivity contribution in [3.8, 4) is 10.6 Å². The van der Waals surface area contributed by atoms with Crippen molar-refractivity contribution in [1.29, 1.82) is 0 Å². The first-order chi connectivity index (χ1) is 12.6. The van der Waals surface area contributed by atoms with Gasteiger partial charge in [0, 0.05) is 10.9 Å². The molecule has 0 atom stereocenters. The van der Waals surface area contributed by atoms with E-state index >= 15 is 0 Å². The van der Waals surface area contributed by atoms with E-state index in [1.54, 1.807) is 24.3 Å². The number of para-hydroxylation sites is 2. The molecule has 130 valence electrons. The molecule has 1 aliphatic heterocycles. The Labute approximate surface area is 153 Å². The molecule has 2 aromatic carbocycles. The van der Waals surface area contributed by atoms with Crippen LogP contribution in [-0.2, 0) is 16.0 Å². The number of fused-ring (bicyclic) bond motifs is 1. The Morgan fingerprint density at radius 3 is 2.77 bits per heavy atom. The summed E-state index contributed by atoms with van der Waals surface area (Å²) in [6, 6.07) is 13.3. The van der Waals surface area contributed by atoms with Crippen molar-refractivity contribution >= 4 is 34.5 Å². The molecule has 0 saturated carbocycles. The quantitative estimate of drug-likeness (QED) is 0.771. The largest absolute Gasteiger partial charge is 0.323 e. The summed E-state index contributed by atoms with van der Waals surface area (Å²) in [4.78, 5) is 30.5. The fourth-order valence-corrected chi connectivity index (χ4v) is 3.65. The molecule has 7 heteroatoms. The average Bonchev–Trinajstić information content (AvgIpc) is 3.10. The number of nitrogens with zero attached hydrogens (tertiary/aromatic N) is 2. The smallest absolute Gasteiger partial charge is 0.244 e. The zero-order valence-corrected chi connectivity index (χ0v) is 14.4. The summed E-state index contributed by atoms with van der Waals surface area (Å²) >= 11 is 1.40. The molecule has 3 aromatic rings. The number of halogens is 1. The second kappa shape index (κ2) is 6.68. The SMILES string of the molecule is O=C1CN(C(=O)Cc2csc(-c3ccc(F)cc3)n2)c2ccccc2N1. The minimum atomic E-state index is -0.303. The fourth-order valence-electron chi connectivity index (χ4n) is 2.82. The molecule has 2 heterocycles. The fraction of sp³-hybridized carbons (Fsp3) is 0.105. The maximum atomic E-state index is 13.0. The molecule has 5 nitrogen and oxygen atoms in total. The number of amides is 2. The van der Waals surface area contributed by atoms with E-state index in [1.807, 2.05) is 17.5 Å². The Hall–Kier alpha value is -3.06. The third kappa shape index (κ3) is 3.21. The van der Waals surface area contributed by atoms with E-state index in [1.165, 1.54) is 28.4 Å². The highest BCUT2D eigenvalue weighted by atomic mass is 32.1. The van der Waals surface area contributed by atoms with Gasteiger partial charge in [0.1, 0.15) is 17.4 Å². The van der Waals surface area contributed by atoms with Crippen LogP contribution in [0, 0.1) is 5.82 Å². The van der Waals surface area contributed by atoms with Gasteiger partial charge in [-0.3, -0.25) is 9.59 Å². The Morgan fingerprint density at radius 1 is 1.19 bits per heavy atom. The van der Waals surface area contributed by atoms with Crippen molar-refractivity contribution in [2.75, 3.05) is 16.8 Å². The molecule has 0 unspecified atom stereocenters. The summed E-state index contributed by atoms with van der Waals surface area (Å²) in [7, 11) is 0. The van der Waals surface area contributed by atoms with Crippen molar-refractivity contribution in [3.63, 3.8) is 0 Å². The van der Waals surface area contributed by atoms with E-state index < -0.39 is 0 Å². The number of aromatic nitrogens is 1. The summed E-state index contributed by atoms with van der Waals surface area (Å²) in [5, 5.41) is 5.30. The molecule has 0 saturated heterocycles. The molecule has 0 aliphatic carbocycles. The molecular weight excluding hydrogens is 353 g/mol. The highest BCUT2D eigenvalue weighted by Crippen LogP contribution is 2.30. The summed E-state index contributed by atoms with van der Waals surface area (Å²) in [6.45, 7) is -0.00912. The number of nitrogens with one attached hydrogen (secondary N) is 1. The van der Waals surface area contributed by atoms with Gasteiger partial charge in [0.2, 0.25) is 11.8 Å². The zero-order chi connectivity index (χ0) is 18.1. The summed E-state index contributed by atoms with van der Waals surface area (Å²) in [5.41, 5.74) is 2.74. The summed E-state index contributed by atoms with van der Waals surface area (Å²) < 4.78 is 13.0. The highest BCUT2D eigenvalue weighted by Gasteiger charge is 2.27. The summed E-state index contributed by atoms with van der Waals surface area (Å²) in [6.07, 6.45) is 0.0965. The van der Waals surface area contributed by atoms with Gasteiger partial charge in [-0.05, 0) is 36.4 Å². The van der Waals surface area contributed by atoms with E-state index in [9.17, 15) is 14.0 Å². The molecule has 0 fully saturated rings. The van der Waals surface area contributed by atoms with Gasteiger partial charge in [0.25, 0.3) is 0 Å². The molecule has 26 heavy (non-hydrogen) atoms. The van der Waals surface area contributed by atoms with Crippen LogP contribution in [0.1, 0.15) is 5.69 Å². The minimum absolute atomic E-state index is 0.00912. The van der Waals surface area contributed by atoms with Crippen LogP contribution in [0.5, 0.6) is 0 Å². The number of thiazole rings is 1. The highest BCUT2D eigenvalue weighted by molar-refractivity contribution is 7.13. The van der Waals surface area contributed by atoms with Crippen molar-refractivity contribution in [1.82, 2.24) is 4.98 Å². The zero-order valence-electron chi connectivity index (χ0n) is 13.6. The van der Waals surface area contributed by atoms with Crippen LogP contribution in [0.4, 0.5) is 15.8 Å². The normalized spacial score (nSPS) is 13.3. The number of carbonyl (C=O) groups excluding carboxylic acids is 2. The molecule has 1 aromatic heterocycles. The Balaban J connectivity index is 1.54. The molecule has 2 amide bonds. The van der Waals surface area contributed by atoms with Crippen molar-refractivity contribution < 1.29 is 14.0 Å². The lowest BCUT2D eigenvalue weighted by Gasteiger charge is -2.29. The lowest BCUT2D eigenvalue weighted by molar-refractivity contribution is -0.121. The number of benzene rings is 2. The molecule has 1 aliphatic rings. The van der Waals surface area contributed by atoms with Crippen LogP contribution in [0.3, 0.4) is 0 Å². The standard InChI is InChI=1S/C19H14FN3O2S/c20-13-7-5-12(6-8-13)19-21-14(11-26-19)9-18(25)23-10-17(24)22-15-3-1-2-4-16(15)23/h1-8,11H,9-10H2,(H,22,24). The molecular formula is C19H14FN3O2S. The van der Waals surface area contributed by atoms with Gasteiger partial charge >= 0.3 is 0 Å². The van der Waals surface area contributed by atoms with E-state index in [0.717, 1.165) is 10.6 Å². The third-order valence-corrected chi connectivity index (χ3v) is 4.99. The van der Waals surface area contributed by atoms with E-state index in [-0.39, 0.29) is 30.6 Å². The monoisotopic (exact) mass is 367 g/mol. The predicted molar refractivity (Wildman–Crippen MR) is 98.6 cm³/mol. The number of rotatable bonds is 3. The number of hydrogen-bond acceptors (Lipinski definition) is 4. The van der Waals surface area contributed by atoms with E-state index in [4.69, 9.17) is 0 Å². The Morgan fingerprint density at radius 2 is 1.96 bits per heavy atom. The maximum Gasteiger partial charge on any atom is 0.244 e. The minimum Gasteiger partial charge on any atom is -0.323 e. The van der Waals surface area contributed by atoms with Crippen LogP contribution in [0.2, 0.25) is 0 Å². The first kappa shape index (κ1) is 16.4. The van der Waals surface area contributed by atoms with E-state index in [2.05, 4.69) is 10.3 Å². The Kier molecular flexibility index (Phi) is 4.22. The van der Waals surface area contributed by atoms with Crippen molar-refractivity contribution in [2.24, 2.45) is 0 Å². The van der Waals surface area contributed by atoms with Gasteiger partial charge in [-0.2, -0.15) is 0 Å². The topological polar surface area (TPSA) is 62.3 Å². The molecule has 0 radical (unpaired) electrons. The second-order valence-electron chi connectivity index (χ2n) is 5.87. The van der Waals surface area contributed by atoms with Gasteiger partial charge in [-0.1, -0.05) is 12.1 Å². The van der Waals surface area contributed by atoms with Gasteiger partial charge in [-0.25, -0.2) is 9.37 Å². The maximum absolute atomic E-state index is 13.0. The summed E-state index contributed by atoms with van der Waals surface area (Å²) in [5.74, 6) is -0.715. The molecule has 1 N–H and O–H groups in total. The second-order valence-corrected chi connectivity index (χ2v) is 6.73. The van der Waals surface area contributed by atoms with Crippen molar-refractivity contribution in [3.05, 3.63) is 65.4 Å². The number of hydrogen-bond donors (Lipinski definition) is 1. The van der Waals surface area contributed by atoms with Crippen LogP contribution < -0.4 is 10.2 Å². The molecule has 0 spiro atoms. The predicted octanol–water partition coefficient (Wildman–Crippen LogP) is 3.48. The number of carbonyl (C=O) groups is 2. The van der Waals surface area contributed by atoms with Crippen LogP contribution in [-0.4, -0.2) is 23.3 Å². The van der Waals surface area contributed by atoms with Crippen LogP contribution in [0.25, 0.3) is 10.6 Å². The number of anilines is 2. The first-order valence-corrected chi connectivity index (χ1v) is 8.88. The molecule has 4 rings (SSSR count). The van der Waals surface area contributed by atoms with Gasteiger partial charge < -0.3 is 10.2 Å².